The van der Waals surface area contributed by atoms with Gasteiger partial charge in [-0.15, -0.1) is 0 Å². The highest BCUT2D eigenvalue weighted by Crippen LogP contribution is 2.25. The maximum atomic E-state index is 5.96. The van der Waals surface area contributed by atoms with Crippen molar-refractivity contribution in [2.24, 2.45) is 17.6 Å². The van der Waals surface area contributed by atoms with Crippen LogP contribution in [0, 0.1) is 5.92 Å². The Morgan fingerprint density at radius 1 is 1.44 bits per heavy atom. The van der Waals surface area contributed by atoms with Crippen LogP contribution in [0.1, 0.15) is 52.4 Å². The Morgan fingerprint density at radius 3 is 2.69 bits per heavy atom. The Kier molecular flexibility index (Phi) is 6.28. The van der Waals surface area contributed by atoms with Crippen LogP contribution in [-0.2, 0) is 0 Å². The first-order valence-electron chi connectivity index (χ1n) is 6.66. The lowest BCUT2D eigenvalue weighted by molar-refractivity contribution is 0.219. The van der Waals surface area contributed by atoms with E-state index in [1.807, 2.05) is 5.01 Å². The maximum Gasteiger partial charge on any atom is 0.0267 e. The van der Waals surface area contributed by atoms with E-state index in [2.05, 4.69) is 19.3 Å². The molecule has 0 aliphatic carbocycles. The fourth-order valence-corrected chi connectivity index (χ4v) is 2.64. The molecule has 1 rings (SSSR count). The molecule has 1 fully saturated rings. The van der Waals surface area contributed by atoms with E-state index in [1.165, 1.54) is 32.1 Å². The van der Waals surface area contributed by atoms with Crippen LogP contribution in [0.5, 0.6) is 0 Å². The molecule has 96 valence electrons. The third-order valence-electron chi connectivity index (χ3n) is 3.96. The Hall–Kier alpha value is -0.160. The van der Waals surface area contributed by atoms with Crippen LogP contribution in [-0.4, -0.2) is 23.6 Å². The average molecular weight is 228 g/mol. The number of nitrogens with two attached hydrogens (primary N) is 2. The van der Waals surface area contributed by atoms with E-state index >= 15 is 0 Å². The highest BCUT2D eigenvalue weighted by molar-refractivity contribution is 4.81. The van der Waals surface area contributed by atoms with Gasteiger partial charge in [-0.25, -0.2) is 5.01 Å². The molecule has 0 aromatic carbocycles. The number of rotatable bonds is 7. The molecule has 1 aliphatic heterocycles. The molecule has 0 amide bonds. The van der Waals surface area contributed by atoms with Crippen LogP contribution in [0.4, 0.5) is 0 Å². The van der Waals surface area contributed by atoms with Crippen LogP contribution < -0.4 is 17.1 Å². The minimum atomic E-state index is 0.481. The van der Waals surface area contributed by atoms with E-state index in [1.54, 1.807) is 0 Å². The fraction of sp³-hybridized carbons (Fsp3) is 1.00. The molecule has 5 N–H and O–H groups in total. The standard InChI is InChI=1S/C12H28N4/c1-3-11(15-13)6-4-5-7-12-10(2)8-9-16(12)14/h10-12,15H,3-9,13-14H2,1-2H3. The number of hydrogen-bond donors (Lipinski definition) is 3. The topological polar surface area (TPSA) is 67.3 Å². The van der Waals surface area contributed by atoms with E-state index in [0.717, 1.165) is 18.9 Å². The first kappa shape index (κ1) is 13.9. The van der Waals surface area contributed by atoms with E-state index in [4.69, 9.17) is 11.7 Å². The summed E-state index contributed by atoms with van der Waals surface area (Å²) >= 11 is 0. The molecule has 3 unspecified atom stereocenters. The van der Waals surface area contributed by atoms with Crippen LogP contribution in [0.15, 0.2) is 0 Å². The quantitative estimate of drug-likeness (QED) is 0.350. The van der Waals surface area contributed by atoms with Gasteiger partial charge in [-0.05, 0) is 31.6 Å². The molecule has 0 aromatic heterocycles. The van der Waals surface area contributed by atoms with Gasteiger partial charge in [0.05, 0.1) is 0 Å². The fourth-order valence-electron chi connectivity index (χ4n) is 2.64. The summed E-state index contributed by atoms with van der Waals surface area (Å²) in [6, 6.07) is 1.08. The highest BCUT2D eigenvalue weighted by atomic mass is 15.4. The molecule has 4 heteroatoms. The molecule has 1 saturated heterocycles. The third-order valence-corrected chi connectivity index (χ3v) is 3.96. The van der Waals surface area contributed by atoms with Crippen LogP contribution >= 0.6 is 0 Å². The lowest BCUT2D eigenvalue weighted by Crippen LogP contribution is -2.38. The first-order chi connectivity index (χ1) is 7.69. The van der Waals surface area contributed by atoms with Gasteiger partial charge in [0, 0.05) is 18.6 Å². The van der Waals surface area contributed by atoms with Crippen molar-refractivity contribution < 1.29 is 0 Å². The average Bonchev–Trinajstić information content (AvgIpc) is 2.60. The number of hydrogen-bond acceptors (Lipinski definition) is 4. The Labute approximate surface area is 99.7 Å². The summed E-state index contributed by atoms with van der Waals surface area (Å²) in [6.45, 7) is 5.55. The predicted molar refractivity (Wildman–Crippen MR) is 68.3 cm³/mol. The first-order valence-corrected chi connectivity index (χ1v) is 6.66. The molecule has 0 radical (unpaired) electrons. The summed E-state index contributed by atoms with van der Waals surface area (Å²) in [5, 5.41) is 2.03. The summed E-state index contributed by atoms with van der Waals surface area (Å²) in [5.41, 5.74) is 2.86. The summed E-state index contributed by atoms with van der Waals surface area (Å²) < 4.78 is 0. The van der Waals surface area contributed by atoms with Crippen molar-refractivity contribution in [3.8, 4) is 0 Å². The summed E-state index contributed by atoms with van der Waals surface area (Å²) in [4.78, 5) is 0. The van der Waals surface area contributed by atoms with Crippen molar-refractivity contribution in [2.75, 3.05) is 6.54 Å². The normalized spacial score (nSPS) is 28.5. The summed E-state index contributed by atoms with van der Waals surface area (Å²) in [5.74, 6) is 12.2. The van der Waals surface area contributed by atoms with Crippen LogP contribution in [0.3, 0.4) is 0 Å². The number of hydrazine groups is 2. The summed E-state index contributed by atoms with van der Waals surface area (Å²) in [7, 11) is 0. The predicted octanol–water partition coefficient (Wildman–Crippen LogP) is 1.37. The molecule has 0 spiro atoms. The maximum absolute atomic E-state index is 5.96. The second kappa shape index (κ2) is 7.22. The Balaban J connectivity index is 2.10. The molecule has 0 saturated carbocycles. The highest BCUT2D eigenvalue weighted by Gasteiger charge is 2.28. The molecule has 0 aromatic rings. The molecular weight excluding hydrogens is 200 g/mol. The van der Waals surface area contributed by atoms with E-state index in [9.17, 15) is 0 Å². The molecule has 1 heterocycles. The van der Waals surface area contributed by atoms with Crippen LogP contribution in [0.2, 0.25) is 0 Å². The van der Waals surface area contributed by atoms with Gasteiger partial charge < -0.3 is 0 Å². The summed E-state index contributed by atoms with van der Waals surface area (Å²) in [6.07, 6.45) is 7.29. The van der Waals surface area contributed by atoms with Gasteiger partial charge in [-0.1, -0.05) is 26.7 Å². The number of nitrogens with one attached hydrogen (secondary N) is 1. The van der Waals surface area contributed by atoms with Gasteiger partial charge in [0.25, 0.3) is 0 Å². The van der Waals surface area contributed by atoms with E-state index in [-0.39, 0.29) is 0 Å². The lowest BCUT2D eigenvalue weighted by atomic mass is 9.96. The van der Waals surface area contributed by atoms with Crippen molar-refractivity contribution in [3.63, 3.8) is 0 Å². The van der Waals surface area contributed by atoms with Gasteiger partial charge in [0.15, 0.2) is 0 Å². The van der Waals surface area contributed by atoms with Gasteiger partial charge in [-0.2, -0.15) is 0 Å². The minimum Gasteiger partial charge on any atom is -0.271 e. The van der Waals surface area contributed by atoms with Gasteiger partial charge in [0.1, 0.15) is 0 Å². The Morgan fingerprint density at radius 2 is 2.19 bits per heavy atom. The Bertz CT molecular complexity index is 172. The van der Waals surface area contributed by atoms with Crippen molar-refractivity contribution in [3.05, 3.63) is 0 Å². The second-order valence-corrected chi connectivity index (χ2v) is 5.13. The molecule has 4 nitrogen and oxygen atoms in total. The lowest BCUT2D eigenvalue weighted by Gasteiger charge is -2.22. The van der Waals surface area contributed by atoms with E-state index < -0.39 is 0 Å². The minimum absolute atomic E-state index is 0.481. The van der Waals surface area contributed by atoms with E-state index in [0.29, 0.717) is 12.1 Å². The molecular formula is C12H28N4. The zero-order valence-corrected chi connectivity index (χ0v) is 10.8. The largest absolute Gasteiger partial charge is 0.271 e. The smallest absolute Gasteiger partial charge is 0.0267 e. The molecule has 16 heavy (non-hydrogen) atoms. The third kappa shape index (κ3) is 4.01. The van der Waals surface area contributed by atoms with Crippen LogP contribution in [0.25, 0.3) is 0 Å². The van der Waals surface area contributed by atoms with Gasteiger partial charge in [-0.3, -0.25) is 17.1 Å². The van der Waals surface area contributed by atoms with Crippen molar-refractivity contribution in [2.45, 2.75) is 64.5 Å². The van der Waals surface area contributed by atoms with Crippen molar-refractivity contribution in [1.82, 2.24) is 10.4 Å². The monoisotopic (exact) mass is 228 g/mol. The van der Waals surface area contributed by atoms with Crippen molar-refractivity contribution >= 4 is 0 Å². The molecule has 0 bridgehead atoms. The SMILES string of the molecule is CCC(CCCCC1C(C)CCN1N)NN. The second-order valence-electron chi connectivity index (χ2n) is 5.13. The zero-order chi connectivity index (χ0) is 12.0. The van der Waals surface area contributed by atoms with Gasteiger partial charge in [0.2, 0.25) is 0 Å². The molecule has 1 aliphatic rings. The van der Waals surface area contributed by atoms with Gasteiger partial charge >= 0.3 is 0 Å². The number of unbranched alkanes of at least 4 members (excludes halogenated alkanes) is 1. The van der Waals surface area contributed by atoms with Crippen molar-refractivity contribution in [1.29, 1.82) is 0 Å². The zero-order valence-electron chi connectivity index (χ0n) is 10.8. The number of nitrogens with zero attached hydrogens (tertiary/aromatic N) is 1. The molecule has 3 atom stereocenters.